The van der Waals surface area contributed by atoms with Gasteiger partial charge in [0.15, 0.2) is 0 Å². The third kappa shape index (κ3) is 2.86. The first kappa shape index (κ1) is 12.1. The maximum Gasteiger partial charge on any atom is 0.140 e. The number of carbonyl (C=O) groups excluding carboxylic acids is 1. The summed E-state index contributed by atoms with van der Waals surface area (Å²) in [6.45, 7) is 0. The number of halogens is 2. The van der Waals surface area contributed by atoms with Gasteiger partial charge in [0, 0.05) is 21.8 Å². The van der Waals surface area contributed by atoms with Gasteiger partial charge < -0.3 is 0 Å². The first-order chi connectivity index (χ1) is 7.66. The van der Waals surface area contributed by atoms with Crippen molar-refractivity contribution >= 4 is 33.3 Å². The van der Waals surface area contributed by atoms with E-state index in [1.807, 2.05) is 18.2 Å². The Kier molecular flexibility index (Phi) is 4.04. The summed E-state index contributed by atoms with van der Waals surface area (Å²) in [6, 6.07) is 5.71. The smallest absolute Gasteiger partial charge is 0.140 e. The summed E-state index contributed by atoms with van der Waals surface area (Å²) in [5, 5.41) is 0.681. The molecule has 0 heterocycles. The number of benzene rings is 1. The Morgan fingerprint density at radius 1 is 1.38 bits per heavy atom. The zero-order valence-electron chi connectivity index (χ0n) is 9.01. The van der Waals surface area contributed by atoms with E-state index in [0.717, 1.165) is 22.9 Å². The molecule has 0 amide bonds. The minimum Gasteiger partial charge on any atom is -0.299 e. The number of carbonyl (C=O) groups is 1. The second kappa shape index (κ2) is 5.33. The van der Waals surface area contributed by atoms with E-state index >= 15 is 0 Å². The lowest BCUT2D eigenvalue weighted by Crippen LogP contribution is -2.13. The minimum absolute atomic E-state index is 0.278. The predicted molar refractivity (Wildman–Crippen MR) is 69.8 cm³/mol. The lowest BCUT2D eigenvalue weighted by Gasteiger charge is -2.09. The second-order valence-electron chi connectivity index (χ2n) is 4.36. The summed E-state index contributed by atoms with van der Waals surface area (Å²) in [5.74, 6) is 0.626. The molecule has 1 saturated carbocycles. The van der Waals surface area contributed by atoms with E-state index in [-0.39, 0.29) is 5.92 Å². The van der Waals surface area contributed by atoms with Crippen LogP contribution in [0.2, 0.25) is 5.02 Å². The van der Waals surface area contributed by atoms with Crippen LogP contribution < -0.4 is 0 Å². The fourth-order valence-corrected chi connectivity index (χ4v) is 2.99. The molecule has 0 unspecified atom stereocenters. The van der Waals surface area contributed by atoms with Crippen LogP contribution in [0.3, 0.4) is 0 Å². The molecular weight excluding hydrogens is 287 g/mol. The van der Waals surface area contributed by atoms with Gasteiger partial charge in [0.1, 0.15) is 5.78 Å². The van der Waals surface area contributed by atoms with Crippen LogP contribution in [-0.2, 0) is 11.2 Å². The van der Waals surface area contributed by atoms with Crippen molar-refractivity contribution in [3.8, 4) is 0 Å². The van der Waals surface area contributed by atoms with Gasteiger partial charge >= 0.3 is 0 Å². The zero-order valence-corrected chi connectivity index (χ0v) is 11.4. The van der Waals surface area contributed by atoms with E-state index in [0.29, 0.717) is 17.2 Å². The molecule has 0 aromatic heterocycles. The van der Waals surface area contributed by atoms with E-state index in [1.54, 1.807) is 0 Å². The third-order valence-electron chi connectivity index (χ3n) is 3.19. The third-order valence-corrected chi connectivity index (χ3v) is 4.04. The molecule has 0 aliphatic heterocycles. The molecule has 0 atom stereocenters. The molecule has 1 aromatic carbocycles. The first-order valence-corrected chi connectivity index (χ1v) is 6.80. The van der Waals surface area contributed by atoms with Crippen LogP contribution in [0.15, 0.2) is 22.7 Å². The molecule has 0 N–H and O–H groups in total. The summed E-state index contributed by atoms with van der Waals surface area (Å²) in [5.41, 5.74) is 0.946. The van der Waals surface area contributed by atoms with Gasteiger partial charge in [-0.05, 0) is 30.5 Å². The standard InChI is InChI=1S/C13H14BrClO/c14-11-6-5-10(12(15)8-11)7-13(16)9-3-1-2-4-9/h5-6,8-9H,1-4,7H2. The first-order valence-electron chi connectivity index (χ1n) is 5.63. The summed E-state index contributed by atoms with van der Waals surface area (Å²) in [6.07, 6.45) is 5.01. The van der Waals surface area contributed by atoms with Gasteiger partial charge in [0.25, 0.3) is 0 Å². The largest absolute Gasteiger partial charge is 0.299 e. The van der Waals surface area contributed by atoms with Crippen molar-refractivity contribution in [1.29, 1.82) is 0 Å². The molecule has 16 heavy (non-hydrogen) atoms. The lowest BCUT2D eigenvalue weighted by atomic mass is 9.97. The van der Waals surface area contributed by atoms with Crippen LogP contribution >= 0.6 is 27.5 Å². The molecule has 0 spiro atoms. The summed E-state index contributed by atoms with van der Waals surface area (Å²) in [7, 11) is 0. The van der Waals surface area contributed by atoms with Crippen LogP contribution in [-0.4, -0.2) is 5.78 Å². The summed E-state index contributed by atoms with van der Waals surface area (Å²) in [4.78, 5) is 12.0. The average Bonchev–Trinajstić information content (AvgIpc) is 2.75. The fourth-order valence-electron chi connectivity index (χ4n) is 2.24. The number of Topliss-reactive ketones (excluding diaryl/α,β-unsaturated/α-hetero) is 1. The Bertz CT molecular complexity index is 397. The highest BCUT2D eigenvalue weighted by atomic mass is 79.9. The normalized spacial score (nSPS) is 16.6. The molecule has 2 rings (SSSR count). The van der Waals surface area contributed by atoms with Crippen molar-refractivity contribution in [2.75, 3.05) is 0 Å². The van der Waals surface area contributed by atoms with Gasteiger partial charge in [-0.1, -0.05) is 46.4 Å². The molecular formula is C13H14BrClO. The van der Waals surface area contributed by atoms with Crippen LogP contribution in [0.25, 0.3) is 0 Å². The number of hydrogen-bond donors (Lipinski definition) is 0. The lowest BCUT2D eigenvalue weighted by molar-refractivity contribution is -0.122. The number of ketones is 1. The van der Waals surface area contributed by atoms with Crippen molar-refractivity contribution < 1.29 is 4.79 Å². The highest BCUT2D eigenvalue weighted by molar-refractivity contribution is 9.10. The van der Waals surface area contributed by atoms with E-state index in [9.17, 15) is 4.79 Å². The van der Waals surface area contributed by atoms with Gasteiger partial charge in [0.2, 0.25) is 0 Å². The molecule has 0 saturated heterocycles. The molecule has 1 aliphatic carbocycles. The van der Waals surface area contributed by atoms with E-state index < -0.39 is 0 Å². The van der Waals surface area contributed by atoms with Gasteiger partial charge in [-0.3, -0.25) is 4.79 Å². The zero-order chi connectivity index (χ0) is 11.5. The van der Waals surface area contributed by atoms with Crippen molar-refractivity contribution in [2.24, 2.45) is 5.92 Å². The Morgan fingerprint density at radius 2 is 2.06 bits per heavy atom. The molecule has 0 radical (unpaired) electrons. The van der Waals surface area contributed by atoms with Crippen LogP contribution in [0.1, 0.15) is 31.2 Å². The van der Waals surface area contributed by atoms with Crippen molar-refractivity contribution in [3.63, 3.8) is 0 Å². The SMILES string of the molecule is O=C(Cc1ccc(Br)cc1Cl)C1CCCC1. The van der Waals surface area contributed by atoms with E-state index in [2.05, 4.69) is 15.9 Å². The highest BCUT2D eigenvalue weighted by Gasteiger charge is 2.22. The highest BCUT2D eigenvalue weighted by Crippen LogP contribution is 2.28. The Hall–Kier alpha value is -0.340. The maximum absolute atomic E-state index is 12.0. The topological polar surface area (TPSA) is 17.1 Å². The Labute approximate surface area is 109 Å². The quantitative estimate of drug-likeness (QED) is 0.808. The monoisotopic (exact) mass is 300 g/mol. The van der Waals surface area contributed by atoms with Crippen molar-refractivity contribution in [1.82, 2.24) is 0 Å². The number of rotatable bonds is 3. The fraction of sp³-hybridized carbons (Fsp3) is 0.462. The van der Waals surface area contributed by atoms with Crippen LogP contribution in [0.5, 0.6) is 0 Å². The van der Waals surface area contributed by atoms with Gasteiger partial charge in [-0.2, -0.15) is 0 Å². The van der Waals surface area contributed by atoms with E-state index in [4.69, 9.17) is 11.6 Å². The molecule has 1 fully saturated rings. The molecule has 3 heteroatoms. The predicted octanol–water partition coefficient (Wildman–Crippen LogP) is 4.40. The minimum atomic E-state index is 0.278. The average molecular weight is 302 g/mol. The van der Waals surface area contributed by atoms with Crippen molar-refractivity contribution in [2.45, 2.75) is 32.1 Å². The molecule has 0 bridgehead atoms. The molecule has 1 aliphatic rings. The van der Waals surface area contributed by atoms with Gasteiger partial charge in [-0.25, -0.2) is 0 Å². The summed E-state index contributed by atoms with van der Waals surface area (Å²) < 4.78 is 0.953. The molecule has 86 valence electrons. The van der Waals surface area contributed by atoms with E-state index in [1.165, 1.54) is 12.8 Å². The van der Waals surface area contributed by atoms with Crippen molar-refractivity contribution in [3.05, 3.63) is 33.3 Å². The van der Waals surface area contributed by atoms with Gasteiger partial charge in [-0.15, -0.1) is 0 Å². The Morgan fingerprint density at radius 3 is 2.69 bits per heavy atom. The van der Waals surface area contributed by atoms with Crippen LogP contribution in [0, 0.1) is 5.92 Å². The number of hydrogen-bond acceptors (Lipinski definition) is 1. The summed E-state index contributed by atoms with van der Waals surface area (Å²) >= 11 is 9.46. The molecule has 1 nitrogen and oxygen atoms in total. The Balaban J connectivity index is 2.05. The molecule has 1 aromatic rings. The van der Waals surface area contributed by atoms with Gasteiger partial charge in [0.05, 0.1) is 0 Å². The second-order valence-corrected chi connectivity index (χ2v) is 5.68. The van der Waals surface area contributed by atoms with Crippen LogP contribution in [0.4, 0.5) is 0 Å². The maximum atomic E-state index is 12.0.